The third-order valence-corrected chi connectivity index (χ3v) is 6.04. The van der Waals surface area contributed by atoms with Crippen LogP contribution < -0.4 is 4.72 Å². The zero-order valence-corrected chi connectivity index (χ0v) is 15.9. The van der Waals surface area contributed by atoms with Crippen LogP contribution in [0.15, 0.2) is 32.0 Å². The number of rotatable bonds is 8. The molecule has 0 aromatic heterocycles. The summed E-state index contributed by atoms with van der Waals surface area (Å²) in [6.07, 6.45) is 4.14. The molecule has 0 saturated heterocycles. The van der Waals surface area contributed by atoms with Crippen molar-refractivity contribution in [3.63, 3.8) is 0 Å². The molecule has 19 heavy (non-hydrogen) atoms. The van der Waals surface area contributed by atoms with Gasteiger partial charge in [0.2, 0.25) is 10.0 Å². The molecule has 3 nitrogen and oxygen atoms in total. The maximum atomic E-state index is 12.1. The summed E-state index contributed by atoms with van der Waals surface area (Å²) in [6.45, 7) is 0.476. The molecule has 1 aromatic carbocycles. The van der Waals surface area contributed by atoms with E-state index in [4.69, 9.17) is 0 Å². The molecular weight excluding hydrogens is 462 g/mol. The summed E-state index contributed by atoms with van der Waals surface area (Å²) in [4.78, 5) is 0.266. The Bertz CT molecular complexity index is 506. The Morgan fingerprint density at radius 1 is 1.05 bits per heavy atom. The predicted molar refractivity (Wildman–Crippen MR) is 89.3 cm³/mol. The molecule has 0 saturated carbocycles. The van der Waals surface area contributed by atoms with Crippen LogP contribution in [0.4, 0.5) is 0 Å². The van der Waals surface area contributed by atoms with Gasteiger partial charge in [0.1, 0.15) is 0 Å². The van der Waals surface area contributed by atoms with Gasteiger partial charge in [-0.3, -0.25) is 0 Å². The summed E-state index contributed by atoms with van der Waals surface area (Å²) in [7, 11) is -3.44. The maximum absolute atomic E-state index is 12.1. The van der Waals surface area contributed by atoms with Crippen molar-refractivity contribution in [1.82, 2.24) is 4.72 Å². The van der Waals surface area contributed by atoms with Crippen molar-refractivity contribution in [3.05, 3.63) is 27.1 Å². The Kier molecular flexibility index (Phi) is 8.13. The monoisotopic (exact) mass is 475 g/mol. The molecule has 0 unspecified atom stereocenters. The zero-order chi connectivity index (χ0) is 14.3. The van der Waals surface area contributed by atoms with Gasteiger partial charge in [-0.1, -0.05) is 44.7 Å². The van der Waals surface area contributed by atoms with Gasteiger partial charge in [0.05, 0.1) is 4.90 Å². The molecule has 0 atom stereocenters. The summed E-state index contributed by atoms with van der Waals surface area (Å²) in [5.74, 6) is 0. The molecule has 0 radical (unpaired) electrons. The number of sulfonamides is 1. The van der Waals surface area contributed by atoms with Gasteiger partial charge in [-0.25, -0.2) is 13.1 Å². The predicted octanol–water partition coefficient (Wildman–Crippen LogP) is 4.45. The molecule has 1 aromatic rings. The van der Waals surface area contributed by atoms with E-state index in [1.165, 1.54) is 0 Å². The first kappa shape index (κ1) is 17.6. The number of halogens is 3. The first-order chi connectivity index (χ1) is 8.97. The van der Waals surface area contributed by atoms with Gasteiger partial charge in [-0.15, -0.1) is 0 Å². The second-order valence-corrected chi connectivity index (χ2v) is 8.37. The van der Waals surface area contributed by atoms with E-state index >= 15 is 0 Å². The SMILES string of the molecule is O=S(=O)(NCCCCCCBr)c1cc(Br)ccc1Br. The lowest BCUT2D eigenvalue weighted by Crippen LogP contribution is -2.25. The van der Waals surface area contributed by atoms with Crippen molar-refractivity contribution in [2.75, 3.05) is 11.9 Å². The summed E-state index contributed by atoms with van der Waals surface area (Å²) < 4.78 is 28.2. The lowest BCUT2D eigenvalue weighted by atomic mass is 10.2. The third-order valence-electron chi connectivity index (χ3n) is 2.54. The quantitative estimate of drug-likeness (QED) is 0.444. The normalized spacial score (nSPS) is 11.7. The Hall–Kier alpha value is 0.570. The minimum atomic E-state index is -3.44. The molecule has 0 amide bonds. The summed E-state index contributed by atoms with van der Waals surface area (Å²) in [5.41, 5.74) is 0. The fourth-order valence-corrected chi connectivity index (χ4v) is 4.51. The van der Waals surface area contributed by atoms with Crippen LogP contribution in [-0.2, 0) is 10.0 Å². The van der Waals surface area contributed by atoms with E-state index in [9.17, 15) is 8.42 Å². The molecule has 1 N–H and O–H groups in total. The number of hydrogen-bond acceptors (Lipinski definition) is 2. The number of hydrogen-bond donors (Lipinski definition) is 1. The Balaban J connectivity index is 2.54. The van der Waals surface area contributed by atoms with E-state index in [0.717, 1.165) is 35.5 Å². The highest BCUT2D eigenvalue weighted by Gasteiger charge is 2.17. The van der Waals surface area contributed by atoms with Gasteiger partial charge in [-0.2, -0.15) is 0 Å². The largest absolute Gasteiger partial charge is 0.241 e. The van der Waals surface area contributed by atoms with Crippen molar-refractivity contribution in [2.24, 2.45) is 0 Å². The zero-order valence-electron chi connectivity index (χ0n) is 10.3. The summed E-state index contributed by atoms with van der Waals surface area (Å²) in [6, 6.07) is 5.11. The maximum Gasteiger partial charge on any atom is 0.241 e. The average molecular weight is 478 g/mol. The lowest BCUT2D eigenvalue weighted by molar-refractivity contribution is 0.573. The van der Waals surface area contributed by atoms with Crippen LogP contribution in [0.2, 0.25) is 0 Å². The summed E-state index contributed by atoms with van der Waals surface area (Å²) >= 11 is 9.92. The van der Waals surface area contributed by atoms with Gasteiger partial charge < -0.3 is 0 Å². The number of benzene rings is 1. The van der Waals surface area contributed by atoms with Crippen LogP contribution in [0, 0.1) is 0 Å². The second kappa shape index (κ2) is 8.77. The Labute approximate surface area is 140 Å². The van der Waals surface area contributed by atoms with Crippen molar-refractivity contribution >= 4 is 57.8 Å². The Morgan fingerprint density at radius 3 is 2.42 bits per heavy atom. The van der Waals surface area contributed by atoms with Crippen molar-refractivity contribution in [3.8, 4) is 0 Å². The van der Waals surface area contributed by atoms with Crippen LogP contribution in [0.3, 0.4) is 0 Å². The molecule has 0 aliphatic rings. The van der Waals surface area contributed by atoms with E-state index in [-0.39, 0.29) is 4.90 Å². The molecule has 0 aliphatic heterocycles. The first-order valence-corrected chi connectivity index (χ1v) is 10.2. The van der Waals surface area contributed by atoms with Crippen molar-refractivity contribution in [2.45, 2.75) is 30.6 Å². The molecule has 7 heteroatoms. The highest BCUT2D eigenvalue weighted by molar-refractivity contribution is 9.11. The van der Waals surface area contributed by atoms with Crippen LogP contribution in [-0.4, -0.2) is 20.3 Å². The third kappa shape index (κ3) is 6.25. The Morgan fingerprint density at radius 2 is 1.74 bits per heavy atom. The fraction of sp³-hybridized carbons (Fsp3) is 0.500. The van der Waals surface area contributed by atoms with Crippen LogP contribution in [0.25, 0.3) is 0 Å². The number of nitrogens with one attached hydrogen (secondary N) is 1. The van der Waals surface area contributed by atoms with Crippen LogP contribution in [0.5, 0.6) is 0 Å². The lowest BCUT2D eigenvalue weighted by Gasteiger charge is -2.08. The number of unbranched alkanes of at least 4 members (excludes halogenated alkanes) is 3. The highest BCUT2D eigenvalue weighted by Crippen LogP contribution is 2.25. The minimum Gasteiger partial charge on any atom is -0.211 e. The second-order valence-electron chi connectivity index (χ2n) is 4.08. The molecule has 1 rings (SSSR count). The highest BCUT2D eigenvalue weighted by atomic mass is 79.9. The van der Waals surface area contributed by atoms with E-state index in [0.29, 0.717) is 11.0 Å². The molecule has 0 fully saturated rings. The van der Waals surface area contributed by atoms with Crippen LogP contribution >= 0.6 is 47.8 Å². The first-order valence-electron chi connectivity index (χ1n) is 5.98. The minimum absolute atomic E-state index is 0.266. The molecule has 0 heterocycles. The van der Waals surface area contributed by atoms with Crippen LogP contribution in [0.1, 0.15) is 25.7 Å². The van der Waals surface area contributed by atoms with Gasteiger partial charge in [0, 0.05) is 20.8 Å². The van der Waals surface area contributed by atoms with Crippen molar-refractivity contribution < 1.29 is 8.42 Å². The molecule has 0 bridgehead atoms. The molecule has 108 valence electrons. The topological polar surface area (TPSA) is 46.2 Å². The van der Waals surface area contributed by atoms with Gasteiger partial charge in [-0.05, 0) is 47.0 Å². The van der Waals surface area contributed by atoms with Gasteiger partial charge in [0.25, 0.3) is 0 Å². The molecular formula is C12H16Br3NO2S. The smallest absolute Gasteiger partial charge is 0.211 e. The van der Waals surface area contributed by atoms with Crippen molar-refractivity contribution in [1.29, 1.82) is 0 Å². The average Bonchev–Trinajstić information content (AvgIpc) is 2.36. The van der Waals surface area contributed by atoms with E-state index in [1.54, 1.807) is 18.2 Å². The summed E-state index contributed by atoms with van der Waals surface area (Å²) in [5, 5.41) is 1.00. The fourth-order valence-electron chi connectivity index (χ4n) is 1.54. The molecule has 0 spiro atoms. The van der Waals surface area contributed by atoms with E-state index in [1.807, 2.05) is 0 Å². The van der Waals surface area contributed by atoms with E-state index in [2.05, 4.69) is 52.5 Å². The van der Waals surface area contributed by atoms with Gasteiger partial charge in [0.15, 0.2) is 0 Å². The van der Waals surface area contributed by atoms with Gasteiger partial charge >= 0.3 is 0 Å². The standard InChI is InChI=1S/C12H16Br3NO2S/c13-7-3-1-2-4-8-16-19(17,18)12-9-10(14)5-6-11(12)15/h5-6,9,16H,1-4,7-8H2. The number of alkyl halides is 1. The van der Waals surface area contributed by atoms with E-state index < -0.39 is 10.0 Å². The molecule has 0 aliphatic carbocycles.